The van der Waals surface area contributed by atoms with Crippen molar-refractivity contribution in [2.24, 2.45) is 5.73 Å². The smallest absolute Gasteiger partial charge is 0.242 e. The molecule has 0 radical (unpaired) electrons. The molecule has 0 saturated carbocycles. The van der Waals surface area contributed by atoms with Crippen LogP contribution in [0.15, 0.2) is 35.4 Å². The molecule has 0 atom stereocenters. The van der Waals surface area contributed by atoms with Gasteiger partial charge >= 0.3 is 0 Å². The SMILES string of the molecule is CN(C)S(=O)(=O)c1ccc(-c2cnc(CCCN)[nH]2)cc1. The second-order valence-electron chi connectivity index (χ2n) is 4.95. The highest BCUT2D eigenvalue weighted by Gasteiger charge is 2.16. The molecule has 0 bridgehead atoms. The van der Waals surface area contributed by atoms with Crippen molar-refractivity contribution < 1.29 is 8.42 Å². The van der Waals surface area contributed by atoms with Crippen LogP contribution in [0.5, 0.6) is 0 Å². The average molecular weight is 308 g/mol. The number of rotatable bonds is 6. The molecule has 0 unspecified atom stereocenters. The van der Waals surface area contributed by atoms with Gasteiger partial charge in [0.2, 0.25) is 10.0 Å². The summed E-state index contributed by atoms with van der Waals surface area (Å²) in [7, 11) is -0.358. The van der Waals surface area contributed by atoms with E-state index in [2.05, 4.69) is 9.97 Å². The number of benzene rings is 1. The Morgan fingerprint density at radius 2 is 1.90 bits per heavy atom. The first-order valence-corrected chi connectivity index (χ1v) is 8.16. The van der Waals surface area contributed by atoms with Crippen molar-refractivity contribution in [2.45, 2.75) is 17.7 Å². The predicted octanol–water partition coefficient (Wildman–Crippen LogP) is 1.22. The largest absolute Gasteiger partial charge is 0.342 e. The molecular weight excluding hydrogens is 288 g/mol. The van der Waals surface area contributed by atoms with E-state index in [1.807, 2.05) is 0 Å². The number of aryl methyl sites for hydroxylation is 1. The molecule has 0 aliphatic carbocycles. The van der Waals surface area contributed by atoms with Crippen LogP contribution in [0.3, 0.4) is 0 Å². The number of hydrogen-bond acceptors (Lipinski definition) is 4. The van der Waals surface area contributed by atoms with Crippen molar-refractivity contribution in [3.8, 4) is 11.3 Å². The van der Waals surface area contributed by atoms with Gasteiger partial charge in [-0.25, -0.2) is 17.7 Å². The maximum Gasteiger partial charge on any atom is 0.242 e. The molecule has 0 saturated heterocycles. The Hall–Kier alpha value is -1.70. The minimum Gasteiger partial charge on any atom is -0.342 e. The maximum absolute atomic E-state index is 12.0. The lowest BCUT2D eigenvalue weighted by atomic mass is 10.2. The fourth-order valence-electron chi connectivity index (χ4n) is 1.92. The van der Waals surface area contributed by atoms with Crippen LogP contribution >= 0.6 is 0 Å². The third-order valence-electron chi connectivity index (χ3n) is 3.19. The number of H-pyrrole nitrogens is 1. The molecule has 6 nitrogen and oxygen atoms in total. The fraction of sp³-hybridized carbons (Fsp3) is 0.357. The second-order valence-corrected chi connectivity index (χ2v) is 7.10. The molecule has 0 aliphatic rings. The maximum atomic E-state index is 12.0. The van der Waals surface area contributed by atoms with E-state index < -0.39 is 10.0 Å². The van der Waals surface area contributed by atoms with Crippen molar-refractivity contribution in [1.29, 1.82) is 0 Å². The highest BCUT2D eigenvalue weighted by atomic mass is 32.2. The molecule has 114 valence electrons. The minimum absolute atomic E-state index is 0.277. The summed E-state index contributed by atoms with van der Waals surface area (Å²) in [6.07, 6.45) is 3.44. The summed E-state index contributed by atoms with van der Waals surface area (Å²) in [4.78, 5) is 7.79. The summed E-state index contributed by atoms with van der Waals surface area (Å²) in [6.45, 7) is 0.632. The first-order valence-electron chi connectivity index (χ1n) is 6.72. The van der Waals surface area contributed by atoms with E-state index in [1.54, 1.807) is 30.5 Å². The first-order chi connectivity index (χ1) is 9.95. The van der Waals surface area contributed by atoms with Crippen molar-refractivity contribution in [1.82, 2.24) is 14.3 Å². The lowest BCUT2D eigenvalue weighted by molar-refractivity contribution is 0.521. The van der Waals surface area contributed by atoms with E-state index in [0.29, 0.717) is 6.54 Å². The van der Waals surface area contributed by atoms with E-state index in [4.69, 9.17) is 5.73 Å². The molecule has 7 heteroatoms. The Kier molecular flexibility index (Phi) is 4.76. The molecule has 21 heavy (non-hydrogen) atoms. The van der Waals surface area contributed by atoms with Gasteiger partial charge in [0, 0.05) is 20.5 Å². The lowest BCUT2D eigenvalue weighted by Crippen LogP contribution is -2.22. The Morgan fingerprint density at radius 3 is 2.48 bits per heavy atom. The number of sulfonamides is 1. The molecule has 0 aliphatic heterocycles. The summed E-state index contributed by atoms with van der Waals surface area (Å²) >= 11 is 0. The van der Waals surface area contributed by atoms with Crippen molar-refractivity contribution in [3.63, 3.8) is 0 Å². The average Bonchev–Trinajstić information content (AvgIpc) is 2.94. The van der Waals surface area contributed by atoms with E-state index in [0.717, 1.165) is 29.9 Å². The summed E-state index contributed by atoms with van der Waals surface area (Å²) < 4.78 is 25.2. The molecule has 0 amide bonds. The number of aromatic nitrogens is 2. The van der Waals surface area contributed by atoms with E-state index in [-0.39, 0.29) is 4.90 Å². The first kappa shape index (κ1) is 15.7. The number of aromatic amines is 1. The zero-order valence-electron chi connectivity index (χ0n) is 12.2. The zero-order chi connectivity index (χ0) is 15.5. The molecule has 3 N–H and O–H groups in total. The molecule has 2 aromatic rings. The van der Waals surface area contributed by atoms with Gasteiger partial charge in [0.25, 0.3) is 0 Å². The molecule has 0 spiro atoms. The highest BCUT2D eigenvalue weighted by molar-refractivity contribution is 7.89. The Labute approximate surface area is 125 Å². The molecule has 1 aromatic heterocycles. The molecule has 2 rings (SSSR count). The van der Waals surface area contributed by atoms with Gasteiger partial charge in [0.05, 0.1) is 16.8 Å². The van der Waals surface area contributed by atoms with E-state index >= 15 is 0 Å². The third kappa shape index (κ3) is 3.49. The van der Waals surface area contributed by atoms with Crippen molar-refractivity contribution in [2.75, 3.05) is 20.6 Å². The summed E-state index contributed by atoms with van der Waals surface area (Å²) in [5.41, 5.74) is 7.25. The van der Waals surface area contributed by atoms with Gasteiger partial charge < -0.3 is 10.7 Å². The lowest BCUT2D eigenvalue weighted by Gasteiger charge is -2.11. The predicted molar refractivity (Wildman–Crippen MR) is 82.3 cm³/mol. The number of nitrogens with two attached hydrogens (primary N) is 1. The number of imidazole rings is 1. The van der Waals surface area contributed by atoms with Crippen LogP contribution in [0.25, 0.3) is 11.3 Å². The normalized spacial score (nSPS) is 12.0. The quantitative estimate of drug-likeness (QED) is 0.839. The van der Waals surface area contributed by atoms with E-state index in [9.17, 15) is 8.42 Å². The van der Waals surface area contributed by atoms with Crippen LogP contribution < -0.4 is 5.73 Å². The van der Waals surface area contributed by atoms with Crippen LogP contribution in [0, 0.1) is 0 Å². The van der Waals surface area contributed by atoms with Crippen LogP contribution in [-0.2, 0) is 16.4 Å². The second kappa shape index (κ2) is 6.38. The van der Waals surface area contributed by atoms with Gasteiger partial charge in [-0.1, -0.05) is 12.1 Å². The topological polar surface area (TPSA) is 92.1 Å². The highest BCUT2D eigenvalue weighted by Crippen LogP contribution is 2.21. The van der Waals surface area contributed by atoms with Crippen LogP contribution in [0.2, 0.25) is 0 Å². The van der Waals surface area contributed by atoms with Crippen molar-refractivity contribution >= 4 is 10.0 Å². The monoisotopic (exact) mass is 308 g/mol. The van der Waals surface area contributed by atoms with Gasteiger partial charge in [-0.05, 0) is 30.7 Å². The zero-order valence-corrected chi connectivity index (χ0v) is 13.0. The van der Waals surface area contributed by atoms with Gasteiger partial charge in [0.15, 0.2) is 0 Å². The van der Waals surface area contributed by atoms with Gasteiger partial charge in [-0.2, -0.15) is 0 Å². The third-order valence-corrected chi connectivity index (χ3v) is 5.02. The number of nitrogens with zero attached hydrogens (tertiary/aromatic N) is 2. The van der Waals surface area contributed by atoms with Crippen LogP contribution in [0.4, 0.5) is 0 Å². The van der Waals surface area contributed by atoms with Crippen molar-refractivity contribution in [3.05, 3.63) is 36.3 Å². The standard InChI is InChI=1S/C14H20N4O2S/c1-18(2)21(19,20)12-7-5-11(6-8-12)13-10-16-14(17-13)4-3-9-15/h5-8,10H,3-4,9,15H2,1-2H3,(H,16,17). The molecular formula is C14H20N4O2S. The fourth-order valence-corrected chi connectivity index (χ4v) is 2.82. The van der Waals surface area contributed by atoms with Crippen LogP contribution in [0.1, 0.15) is 12.2 Å². The number of hydrogen-bond donors (Lipinski definition) is 2. The van der Waals surface area contributed by atoms with Gasteiger partial charge in [-0.15, -0.1) is 0 Å². The molecule has 1 heterocycles. The summed E-state index contributed by atoms with van der Waals surface area (Å²) in [5.74, 6) is 0.889. The van der Waals surface area contributed by atoms with Gasteiger partial charge in [-0.3, -0.25) is 0 Å². The Morgan fingerprint density at radius 1 is 1.24 bits per heavy atom. The summed E-state index contributed by atoms with van der Waals surface area (Å²) in [5, 5.41) is 0. The van der Waals surface area contributed by atoms with E-state index in [1.165, 1.54) is 18.4 Å². The molecule has 1 aromatic carbocycles. The van der Waals surface area contributed by atoms with Gasteiger partial charge in [0.1, 0.15) is 5.82 Å². The minimum atomic E-state index is -3.39. The number of nitrogens with one attached hydrogen (secondary N) is 1. The molecule has 0 fully saturated rings. The summed E-state index contributed by atoms with van der Waals surface area (Å²) in [6, 6.07) is 6.75. The Balaban J connectivity index is 2.21. The van der Waals surface area contributed by atoms with Crippen LogP contribution in [-0.4, -0.2) is 43.3 Å². The Bertz CT molecular complexity index is 690.